The number of rotatable bonds is 6. The van der Waals surface area contributed by atoms with Gasteiger partial charge < -0.3 is 5.32 Å². The number of benzene rings is 2. The molecule has 5 heteroatoms. The maximum absolute atomic E-state index is 12.2. The van der Waals surface area contributed by atoms with Crippen LogP contribution in [-0.4, -0.2) is 20.6 Å². The molecule has 0 aliphatic rings. The second-order valence-corrected chi connectivity index (χ2v) is 7.99. The highest BCUT2D eigenvalue weighted by Crippen LogP contribution is 2.16. The van der Waals surface area contributed by atoms with E-state index < -0.39 is 9.84 Å². The number of carbonyl (C=O) groups excluding carboxylic acids is 1. The van der Waals surface area contributed by atoms with Crippen molar-refractivity contribution >= 4 is 15.7 Å². The molecule has 0 spiro atoms. The Morgan fingerprint density at radius 1 is 1.00 bits per heavy atom. The first-order valence-corrected chi connectivity index (χ1v) is 9.86. The first-order chi connectivity index (χ1) is 11.3. The maximum Gasteiger partial charge on any atom is 0.224 e. The summed E-state index contributed by atoms with van der Waals surface area (Å²) in [6.45, 7) is 3.98. The summed E-state index contributed by atoms with van der Waals surface area (Å²) in [5.41, 5.74) is 3.10. The molecular formula is C19H23NO3S. The van der Waals surface area contributed by atoms with Crippen LogP contribution in [-0.2, 0) is 27.5 Å². The number of aryl methyl sites for hydroxylation is 1. The Morgan fingerprint density at radius 2 is 1.54 bits per heavy atom. The molecule has 2 aromatic rings. The highest BCUT2D eigenvalue weighted by Gasteiger charge is 2.12. The SMILES string of the molecule is CCc1ccc(CC(=O)N[C@H](C)c2ccc(S(C)(=O)=O)cc2)cc1. The molecule has 1 N–H and O–H groups in total. The average molecular weight is 345 g/mol. The van der Waals surface area contributed by atoms with Crippen molar-refractivity contribution in [3.63, 3.8) is 0 Å². The van der Waals surface area contributed by atoms with Gasteiger partial charge in [0.15, 0.2) is 9.84 Å². The Kier molecular flexibility index (Phi) is 5.78. The Hall–Kier alpha value is -2.14. The molecule has 1 atom stereocenters. The summed E-state index contributed by atoms with van der Waals surface area (Å²) in [6, 6.07) is 14.4. The third-order valence-corrected chi connectivity index (χ3v) is 5.11. The molecule has 1 amide bonds. The fraction of sp³-hybridized carbons (Fsp3) is 0.316. The van der Waals surface area contributed by atoms with Crippen LogP contribution in [0.2, 0.25) is 0 Å². The lowest BCUT2D eigenvalue weighted by Crippen LogP contribution is -2.28. The third-order valence-electron chi connectivity index (χ3n) is 3.98. The summed E-state index contributed by atoms with van der Waals surface area (Å²) in [7, 11) is -3.20. The fourth-order valence-electron chi connectivity index (χ4n) is 2.46. The van der Waals surface area contributed by atoms with E-state index >= 15 is 0 Å². The molecule has 0 aliphatic carbocycles. The minimum atomic E-state index is -3.20. The van der Waals surface area contributed by atoms with Crippen LogP contribution in [0.25, 0.3) is 0 Å². The van der Waals surface area contributed by atoms with Crippen LogP contribution in [0.15, 0.2) is 53.4 Å². The van der Waals surface area contributed by atoms with Gasteiger partial charge in [-0.05, 0) is 42.2 Å². The van der Waals surface area contributed by atoms with Crippen molar-refractivity contribution in [1.82, 2.24) is 5.32 Å². The zero-order valence-corrected chi connectivity index (χ0v) is 15.1. The second kappa shape index (κ2) is 7.62. The molecular weight excluding hydrogens is 322 g/mol. The van der Waals surface area contributed by atoms with Crippen molar-refractivity contribution in [3.05, 3.63) is 65.2 Å². The van der Waals surface area contributed by atoms with E-state index in [2.05, 4.69) is 12.2 Å². The van der Waals surface area contributed by atoms with Crippen LogP contribution in [0.1, 0.15) is 36.6 Å². The molecule has 24 heavy (non-hydrogen) atoms. The monoisotopic (exact) mass is 345 g/mol. The minimum Gasteiger partial charge on any atom is -0.349 e. The van der Waals surface area contributed by atoms with E-state index in [1.165, 1.54) is 11.8 Å². The Bertz CT molecular complexity index is 794. The summed E-state index contributed by atoms with van der Waals surface area (Å²) >= 11 is 0. The highest BCUT2D eigenvalue weighted by molar-refractivity contribution is 7.90. The molecule has 0 radical (unpaired) electrons. The van der Waals surface area contributed by atoms with Gasteiger partial charge in [-0.3, -0.25) is 4.79 Å². The Balaban J connectivity index is 1.97. The molecule has 0 aromatic heterocycles. The lowest BCUT2D eigenvalue weighted by molar-refractivity contribution is -0.121. The van der Waals surface area contributed by atoms with E-state index in [9.17, 15) is 13.2 Å². The normalized spacial score (nSPS) is 12.6. The largest absolute Gasteiger partial charge is 0.349 e. The van der Waals surface area contributed by atoms with Crippen LogP contribution < -0.4 is 5.32 Å². The molecule has 2 aromatic carbocycles. The number of hydrogen-bond acceptors (Lipinski definition) is 3. The highest BCUT2D eigenvalue weighted by atomic mass is 32.2. The summed E-state index contributed by atoms with van der Waals surface area (Å²) in [5.74, 6) is -0.0565. The molecule has 0 fully saturated rings. The van der Waals surface area contributed by atoms with E-state index in [1.807, 2.05) is 31.2 Å². The van der Waals surface area contributed by atoms with Crippen molar-refractivity contribution in [1.29, 1.82) is 0 Å². The summed E-state index contributed by atoms with van der Waals surface area (Å²) < 4.78 is 22.9. The lowest BCUT2D eigenvalue weighted by Gasteiger charge is -2.15. The first-order valence-electron chi connectivity index (χ1n) is 7.97. The predicted octanol–water partition coefficient (Wildman–Crippen LogP) is 3.07. The quantitative estimate of drug-likeness (QED) is 0.875. The van der Waals surface area contributed by atoms with Crippen molar-refractivity contribution < 1.29 is 13.2 Å². The number of carbonyl (C=O) groups is 1. The van der Waals surface area contributed by atoms with Gasteiger partial charge in [0.05, 0.1) is 17.4 Å². The molecule has 0 aliphatic heterocycles. The average Bonchev–Trinajstić information content (AvgIpc) is 2.54. The summed E-state index contributed by atoms with van der Waals surface area (Å²) in [4.78, 5) is 12.4. The van der Waals surface area contributed by atoms with Crippen LogP contribution in [0.3, 0.4) is 0 Å². The third kappa shape index (κ3) is 4.93. The zero-order valence-electron chi connectivity index (χ0n) is 14.2. The lowest BCUT2D eigenvalue weighted by atomic mass is 10.1. The smallest absolute Gasteiger partial charge is 0.224 e. The standard InChI is InChI=1S/C19H23NO3S/c1-4-15-5-7-16(8-6-15)13-19(21)20-14(2)17-9-11-18(12-10-17)24(3,22)23/h5-12,14H,4,13H2,1-3H3,(H,20,21)/t14-/m1/s1. The summed E-state index contributed by atoms with van der Waals surface area (Å²) in [6.07, 6.45) is 2.49. The van der Waals surface area contributed by atoms with E-state index in [0.29, 0.717) is 6.42 Å². The molecule has 0 unspecified atom stereocenters. The van der Waals surface area contributed by atoms with Crippen LogP contribution >= 0.6 is 0 Å². The first kappa shape index (κ1) is 18.2. The second-order valence-electron chi connectivity index (χ2n) is 5.98. The van der Waals surface area contributed by atoms with E-state index in [-0.39, 0.29) is 16.8 Å². The van der Waals surface area contributed by atoms with Gasteiger partial charge in [0, 0.05) is 6.26 Å². The molecule has 0 saturated carbocycles. The van der Waals surface area contributed by atoms with Gasteiger partial charge in [-0.25, -0.2) is 8.42 Å². The van der Waals surface area contributed by atoms with Gasteiger partial charge in [0.2, 0.25) is 5.91 Å². The molecule has 0 bridgehead atoms. The predicted molar refractivity (Wildman–Crippen MR) is 95.6 cm³/mol. The maximum atomic E-state index is 12.2. The number of nitrogens with one attached hydrogen (secondary N) is 1. The number of hydrogen-bond donors (Lipinski definition) is 1. The Labute approximate surface area is 143 Å². The minimum absolute atomic E-state index is 0.0565. The van der Waals surface area contributed by atoms with E-state index in [1.54, 1.807) is 24.3 Å². The molecule has 128 valence electrons. The summed E-state index contributed by atoms with van der Waals surface area (Å²) in [5, 5.41) is 2.94. The zero-order chi connectivity index (χ0) is 17.7. The van der Waals surface area contributed by atoms with Crippen LogP contribution in [0.4, 0.5) is 0 Å². The van der Waals surface area contributed by atoms with Gasteiger partial charge in [0.25, 0.3) is 0 Å². The Morgan fingerprint density at radius 3 is 2.04 bits per heavy atom. The van der Waals surface area contributed by atoms with Crippen molar-refractivity contribution in [3.8, 4) is 0 Å². The van der Waals surface area contributed by atoms with Crippen LogP contribution in [0.5, 0.6) is 0 Å². The topological polar surface area (TPSA) is 63.2 Å². The van der Waals surface area contributed by atoms with Gasteiger partial charge in [0.1, 0.15) is 0 Å². The van der Waals surface area contributed by atoms with Gasteiger partial charge in [-0.2, -0.15) is 0 Å². The van der Waals surface area contributed by atoms with Crippen molar-refractivity contribution in [2.75, 3.05) is 6.26 Å². The fourth-order valence-corrected chi connectivity index (χ4v) is 3.09. The molecule has 0 heterocycles. The van der Waals surface area contributed by atoms with Crippen molar-refractivity contribution in [2.45, 2.75) is 37.6 Å². The number of amides is 1. The molecule has 4 nitrogen and oxygen atoms in total. The van der Waals surface area contributed by atoms with Crippen molar-refractivity contribution in [2.24, 2.45) is 0 Å². The van der Waals surface area contributed by atoms with E-state index in [0.717, 1.165) is 17.5 Å². The molecule has 2 rings (SSSR count). The van der Waals surface area contributed by atoms with E-state index in [4.69, 9.17) is 0 Å². The van der Waals surface area contributed by atoms with Gasteiger partial charge in [-0.1, -0.05) is 43.3 Å². The van der Waals surface area contributed by atoms with Crippen LogP contribution in [0, 0.1) is 0 Å². The molecule has 0 saturated heterocycles. The van der Waals surface area contributed by atoms with Gasteiger partial charge in [-0.15, -0.1) is 0 Å². The van der Waals surface area contributed by atoms with Gasteiger partial charge >= 0.3 is 0 Å². The number of sulfone groups is 1.